The van der Waals surface area contributed by atoms with Gasteiger partial charge in [-0.2, -0.15) is 0 Å². The highest BCUT2D eigenvalue weighted by Crippen LogP contribution is 2.18. The molecule has 1 saturated heterocycles. The second-order valence-corrected chi connectivity index (χ2v) is 7.18. The van der Waals surface area contributed by atoms with E-state index in [-0.39, 0.29) is 18.1 Å². The van der Waals surface area contributed by atoms with Gasteiger partial charge in [0.1, 0.15) is 0 Å². The van der Waals surface area contributed by atoms with Crippen molar-refractivity contribution < 1.29 is 19.5 Å². The van der Waals surface area contributed by atoms with E-state index < -0.39 is 6.16 Å². The summed E-state index contributed by atoms with van der Waals surface area (Å²) in [5.41, 5.74) is 6.78. The molecule has 10 nitrogen and oxygen atoms in total. The molecule has 27 heavy (non-hydrogen) atoms. The summed E-state index contributed by atoms with van der Waals surface area (Å²) in [6.45, 7) is 4.22. The summed E-state index contributed by atoms with van der Waals surface area (Å²) in [6, 6.07) is 4.67. The van der Waals surface area contributed by atoms with Gasteiger partial charge in [0.15, 0.2) is 5.82 Å². The third-order valence-electron chi connectivity index (χ3n) is 4.11. The van der Waals surface area contributed by atoms with Crippen LogP contribution in [0.15, 0.2) is 28.9 Å². The predicted octanol–water partition coefficient (Wildman–Crippen LogP) is 2.43. The van der Waals surface area contributed by atoms with E-state index in [2.05, 4.69) is 36.7 Å². The number of urea groups is 1. The molecule has 1 aliphatic heterocycles. The number of halogens is 1. The van der Waals surface area contributed by atoms with E-state index >= 15 is 0 Å². The molecular formula is C16H19BrN6O4. The van der Waals surface area contributed by atoms with Gasteiger partial charge in [0.25, 0.3) is 0 Å². The molecule has 3 rings (SSSR count). The molecular weight excluding hydrogens is 420 g/mol. The first kappa shape index (κ1) is 19.1. The normalized spacial score (nSPS) is 20.3. The summed E-state index contributed by atoms with van der Waals surface area (Å²) in [7, 11) is 0. The van der Waals surface area contributed by atoms with E-state index in [1.165, 1.54) is 11.3 Å². The zero-order valence-electron chi connectivity index (χ0n) is 14.7. The van der Waals surface area contributed by atoms with Crippen LogP contribution in [0.4, 0.5) is 15.4 Å². The maximum Gasteiger partial charge on any atom is 0.525 e. The fraction of sp³-hybridized carbons (Fsp3) is 0.375. The Morgan fingerprint density at radius 1 is 1.26 bits per heavy atom. The molecule has 0 aliphatic carbocycles. The number of benzene rings is 1. The maximum atomic E-state index is 12.4. The van der Waals surface area contributed by atoms with E-state index in [4.69, 9.17) is 9.94 Å². The highest BCUT2D eigenvalue weighted by Gasteiger charge is 2.34. The van der Waals surface area contributed by atoms with Gasteiger partial charge in [-0.1, -0.05) is 15.9 Å². The first-order valence-electron chi connectivity index (χ1n) is 8.26. The number of carbonyl (C=O) groups is 2. The number of rotatable bonds is 3. The third kappa shape index (κ3) is 4.55. The Bertz CT molecular complexity index is 854. The van der Waals surface area contributed by atoms with Gasteiger partial charge >= 0.3 is 12.2 Å². The molecule has 0 unspecified atom stereocenters. The number of hydroxylamine groups is 2. The lowest BCUT2D eigenvalue weighted by atomic mass is 10.1. The average molecular weight is 439 g/mol. The minimum atomic E-state index is -1.37. The van der Waals surface area contributed by atoms with Gasteiger partial charge in [0.05, 0.1) is 29.3 Å². The minimum absolute atomic E-state index is 0.270. The van der Waals surface area contributed by atoms with Crippen molar-refractivity contribution in [2.24, 2.45) is 0 Å². The Morgan fingerprint density at radius 3 is 2.63 bits per heavy atom. The summed E-state index contributed by atoms with van der Waals surface area (Å²) in [4.78, 5) is 38.2. The van der Waals surface area contributed by atoms with E-state index in [1.807, 2.05) is 18.2 Å². The predicted molar refractivity (Wildman–Crippen MR) is 101 cm³/mol. The van der Waals surface area contributed by atoms with Crippen molar-refractivity contribution in [2.75, 3.05) is 18.5 Å². The molecule has 11 heteroatoms. The van der Waals surface area contributed by atoms with E-state index in [0.717, 1.165) is 9.99 Å². The maximum absolute atomic E-state index is 12.4. The lowest BCUT2D eigenvalue weighted by molar-refractivity contribution is -0.188. The van der Waals surface area contributed by atoms with Crippen LogP contribution in [0.1, 0.15) is 13.8 Å². The first-order chi connectivity index (χ1) is 12.8. The summed E-state index contributed by atoms with van der Waals surface area (Å²) in [5, 5.41) is 10.2. The topological polar surface area (TPSA) is 120 Å². The quantitative estimate of drug-likeness (QED) is 0.624. The molecule has 2 amide bonds. The van der Waals surface area contributed by atoms with Crippen LogP contribution in [0.25, 0.3) is 11.0 Å². The number of hydrogen-bond donors (Lipinski definition) is 3. The Balaban J connectivity index is 1.60. The Labute approximate surface area is 163 Å². The highest BCUT2D eigenvalue weighted by atomic mass is 79.9. The summed E-state index contributed by atoms with van der Waals surface area (Å²) in [5.74, 6) is 0.405. The molecule has 0 bridgehead atoms. The molecule has 144 valence electrons. The number of piperazine rings is 1. The second-order valence-electron chi connectivity index (χ2n) is 6.26. The number of fused-ring (bicyclic) bond motifs is 1. The largest absolute Gasteiger partial charge is 0.525 e. The molecule has 2 aromatic rings. The van der Waals surface area contributed by atoms with Gasteiger partial charge in [-0.15, -0.1) is 5.06 Å². The fourth-order valence-electron chi connectivity index (χ4n) is 2.99. The zero-order valence-corrected chi connectivity index (χ0v) is 16.3. The van der Waals surface area contributed by atoms with Gasteiger partial charge in [-0.05, 0) is 32.0 Å². The SMILES string of the molecule is C[C@@H]1CN(C(=O)NNc2cnc3ccc(Br)cc3n2)C[C@H](C)N1OC(=O)O. The van der Waals surface area contributed by atoms with Crippen LogP contribution in [-0.2, 0) is 4.84 Å². The van der Waals surface area contributed by atoms with Crippen molar-refractivity contribution in [2.45, 2.75) is 25.9 Å². The van der Waals surface area contributed by atoms with Crippen LogP contribution in [0.5, 0.6) is 0 Å². The van der Waals surface area contributed by atoms with Gasteiger partial charge in [0.2, 0.25) is 0 Å². The van der Waals surface area contributed by atoms with Crippen LogP contribution >= 0.6 is 15.9 Å². The van der Waals surface area contributed by atoms with Crippen LogP contribution in [0, 0.1) is 0 Å². The van der Waals surface area contributed by atoms with E-state index in [9.17, 15) is 9.59 Å². The van der Waals surface area contributed by atoms with E-state index in [0.29, 0.717) is 24.4 Å². The van der Waals surface area contributed by atoms with Crippen molar-refractivity contribution in [3.05, 3.63) is 28.9 Å². The van der Waals surface area contributed by atoms with Crippen molar-refractivity contribution in [3.63, 3.8) is 0 Å². The van der Waals surface area contributed by atoms with Crippen LogP contribution in [0.2, 0.25) is 0 Å². The number of nitrogens with one attached hydrogen (secondary N) is 2. The molecule has 1 aliphatic rings. The minimum Gasteiger partial charge on any atom is -0.448 e. The average Bonchev–Trinajstić information content (AvgIpc) is 2.61. The number of hydrogen-bond acceptors (Lipinski definition) is 7. The first-order valence-corrected chi connectivity index (χ1v) is 9.05. The zero-order chi connectivity index (χ0) is 19.6. The van der Waals surface area contributed by atoms with Crippen LogP contribution in [0.3, 0.4) is 0 Å². The molecule has 2 atom stereocenters. The summed E-state index contributed by atoms with van der Waals surface area (Å²) < 4.78 is 0.884. The second kappa shape index (κ2) is 7.92. The monoisotopic (exact) mass is 438 g/mol. The smallest absolute Gasteiger partial charge is 0.448 e. The molecule has 3 N–H and O–H groups in total. The lowest BCUT2D eigenvalue weighted by Crippen LogP contribution is -2.60. The Kier molecular flexibility index (Phi) is 5.61. The molecule has 2 heterocycles. The standard InChI is InChI=1S/C16H19BrN6O4/c1-9-7-22(8-10(2)23(9)27-16(25)26)15(24)21-20-14-6-18-12-4-3-11(17)5-13(12)19-14/h3-6,9-10H,7-8H2,1-2H3,(H,19,20)(H,21,24)(H,25,26)/t9-,10+. The molecule has 0 radical (unpaired) electrons. The Hall–Kier alpha value is -2.66. The number of anilines is 1. The van der Waals surface area contributed by atoms with E-state index in [1.54, 1.807) is 18.7 Å². The van der Waals surface area contributed by atoms with Crippen molar-refractivity contribution in [1.82, 2.24) is 25.4 Å². The fourth-order valence-corrected chi connectivity index (χ4v) is 3.33. The highest BCUT2D eigenvalue weighted by molar-refractivity contribution is 9.10. The van der Waals surface area contributed by atoms with Crippen LogP contribution < -0.4 is 10.9 Å². The lowest BCUT2D eigenvalue weighted by Gasteiger charge is -2.41. The van der Waals surface area contributed by atoms with Gasteiger partial charge in [-0.3, -0.25) is 15.8 Å². The van der Waals surface area contributed by atoms with Crippen LogP contribution in [-0.4, -0.2) is 62.4 Å². The molecule has 0 saturated carbocycles. The summed E-state index contributed by atoms with van der Waals surface area (Å²) >= 11 is 3.39. The molecule has 1 aromatic carbocycles. The molecule has 1 aromatic heterocycles. The Morgan fingerprint density at radius 2 is 1.96 bits per heavy atom. The third-order valence-corrected chi connectivity index (χ3v) is 4.60. The van der Waals surface area contributed by atoms with Crippen molar-refractivity contribution >= 4 is 45.0 Å². The van der Waals surface area contributed by atoms with Gasteiger partial charge < -0.3 is 14.8 Å². The number of nitrogens with zero attached hydrogens (tertiary/aromatic N) is 4. The van der Waals surface area contributed by atoms with Gasteiger partial charge in [-0.25, -0.2) is 14.6 Å². The van der Waals surface area contributed by atoms with Gasteiger partial charge in [0, 0.05) is 17.6 Å². The van der Waals surface area contributed by atoms with Crippen molar-refractivity contribution in [3.8, 4) is 0 Å². The van der Waals surface area contributed by atoms with Crippen molar-refractivity contribution in [1.29, 1.82) is 0 Å². The number of hydrazine groups is 1. The number of carbonyl (C=O) groups excluding carboxylic acids is 1. The number of aromatic nitrogens is 2. The summed E-state index contributed by atoms with van der Waals surface area (Å²) in [6.07, 6.45) is 0.162. The molecule has 0 spiro atoms. The number of carboxylic acid groups (broad SMARTS) is 1. The number of amides is 2. The molecule has 1 fully saturated rings.